The second kappa shape index (κ2) is 4.66. The average molecular weight is 248 g/mol. The molecule has 0 aliphatic heterocycles. The molecule has 0 saturated carbocycles. The summed E-state index contributed by atoms with van der Waals surface area (Å²) < 4.78 is 5.86. The van der Waals surface area contributed by atoms with E-state index in [9.17, 15) is 19.7 Å². The summed E-state index contributed by atoms with van der Waals surface area (Å²) in [5.74, 6) is -0.323. The van der Waals surface area contributed by atoms with Crippen molar-refractivity contribution in [3.63, 3.8) is 0 Å². The van der Waals surface area contributed by atoms with Gasteiger partial charge in [0.25, 0.3) is 11.2 Å². The zero-order chi connectivity index (χ0) is 13.1. The highest BCUT2D eigenvalue weighted by Gasteiger charge is 2.13. The van der Waals surface area contributed by atoms with Gasteiger partial charge in [0.05, 0.1) is 23.9 Å². The fourth-order valence-electron chi connectivity index (χ4n) is 1.42. The Bertz CT molecular complexity index is 642. The minimum atomic E-state index is -0.632. The van der Waals surface area contributed by atoms with Gasteiger partial charge in [-0.3, -0.25) is 19.7 Å². The lowest BCUT2D eigenvalue weighted by Gasteiger charge is -2.02. The standard InChI is InChI=1S/C11H8N2O5/c14-9(10-2-1-5-18-10)7-12-6-8(13(16)17)3-4-11(12)15/h1-6H,7H2. The first-order chi connectivity index (χ1) is 8.58. The summed E-state index contributed by atoms with van der Waals surface area (Å²) in [5.41, 5.74) is -0.734. The minimum absolute atomic E-state index is 0.105. The van der Waals surface area contributed by atoms with Crippen LogP contribution in [0.3, 0.4) is 0 Å². The Morgan fingerprint density at radius 3 is 2.78 bits per heavy atom. The van der Waals surface area contributed by atoms with E-state index in [1.54, 1.807) is 6.07 Å². The Labute approximate surface area is 100 Å². The molecule has 0 fully saturated rings. The highest BCUT2D eigenvalue weighted by molar-refractivity contribution is 5.93. The molecule has 0 unspecified atom stereocenters. The van der Waals surface area contributed by atoms with Crippen LogP contribution < -0.4 is 5.56 Å². The van der Waals surface area contributed by atoms with Gasteiger partial charge in [0, 0.05) is 12.1 Å². The van der Waals surface area contributed by atoms with Gasteiger partial charge >= 0.3 is 0 Å². The van der Waals surface area contributed by atoms with Gasteiger partial charge < -0.3 is 8.98 Å². The molecule has 0 N–H and O–H groups in total. The SMILES string of the molecule is O=C(Cn1cc([N+](=O)[O-])ccc1=O)c1ccco1. The van der Waals surface area contributed by atoms with Crippen LogP contribution in [-0.2, 0) is 6.54 Å². The summed E-state index contributed by atoms with van der Waals surface area (Å²) in [4.78, 5) is 33.1. The summed E-state index contributed by atoms with van der Waals surface area (Å²) >= 11 is 0. The van der Waals surface area contributed by atoms with Crippen LogP contribution in [0.5, 0.6) is 0 Å². The Morgan fingerprint density at radius 2 is 2.17 bits per heavy atom. The molecular weight excluding hydrogens is 240 g/mol. The topological polar surface area (TPSA) is 95.4 Å². The Kier molecular flexibility index (Phi) is 3.05. The predicted molar refractivity (Wildman–Crippen MR) is 60.4 cm³/mol. The van der Waals surface area contributed by atoms with Crippen LogP contribution in [-0.4, -0.2) is 15.3 Å². The molecule has 2 aromatic heterocycles. The zero-order valence-electron chi connectivity index (χ0n) is 9.11. The van der Waals surface area contributed by atoms with Gasteiger partial charge in [0.1, 0.15) is 0 Å². The van der Waals surface area contributed by atoms with Crippen LogP contribution >= 0.6 is 0 Å². The van der Waals surface area contributed by atoms with Gasteiger partial charge in [-0.2, -0.15) is 0 Å². The summed E-state index contributed by atoms with van der Waals surface area (Å²) in [6, 6.07) is 5.15. The van der Waals surface area contributed by atoms with Gasteiger partial charge in [-0.1, -0.05) is 0 Å². The Balaban J connectivity index is 2.29. The number of ketones is 1. The quantitative estimate of drug-likeness (QED) is 0.460. The van der Waals surface area contributed by atoms with Crippen LogP contribution in [0, 0.1) is 10.1 Å². The number of hydrogen-bond acceptors (Lipinski definition) is 5. The second-order valence-electron chi connectivity index (χ2n) is 3.51. The van der Waals surface area contributed by atoms with Gasteiger partial charge in [0.15, 0.2) is 5.76 Å². The van der Waals surface area contributed by atoms with E-state index in [1.165, 1.54) is 12.3 Å². The van der Waals surface area contributed by atoms with E-state index in [2.05, 4.69) is 0 Å². The number of nitro groups is 1. The predicted octanol–water partition coefficient (Wildman–Crippen LogP) is 1.23. The largest absolute Gasteiger partial charge is 0.461 e. The zero-order valence-corrected chi connectivity index (χ0v) is 9.11. The molecule has 0 radical (unpaired) electrons. The lowest BCUT2D eigenvalue weighted by atomic mass is 10.3. The van der Waals surface area contributed by atoms with E-state index in [4.69, 9.17) is 4.42 Å². The average Bonchev–Trinajstić information content (AvgIpc) is 2.85. The van der Waals surface area contributed by atoms with Crippen LogP contribution in [0.2, 0.25) is 0 Å². The molecule has 2 rings (SSSR count). The maximum atomic E-state index is 11.7. The lowest BCUT2D eigenvalue weighted by Crippen LogP contribution is -2.23. The number of Topliss-reactive ketones (excluding diaryl/α,β-unsaturated/α-hetero) is 1. The van der Waals surface area contributed by atoms with E-state index < -0.39 is 16.3 Å². The highest BCUT2D eigenvalue weighted by Crippen LogP contribution is 2.08. The second-order valence-corrected chi connectivity index (χ2v) is 3.51. The van der Waals surface area contributed by atoms with Crippen molar-refractivity contribution in [3.8, 4) is 0 Å². The smallest absolute Gasteiger partial charge is 0.285 e. The van der Waals surface area contributed by atoms with E-state index in [1.807, 2.05) is 0 Å². The third-order valence-electron chi connectivity index (χ3n) is 2.29. The molecule has 2 heterocycles. The van der Waals surface area contributed by atoms with E-state index in [0.29, 0.717) is 0 Å². The summed E-state index contributed by atoms with van der Waals surface area (Å²) in [6.45, 7) is -0.298. The van der Waals surface area contributed by atoms with Crippen molar-refractivity contribution in [1.82, 2.24) is 4.57 Å². The monoisotopic (exact) mass is 248 g/mol. The number of aromatic nitrogens is 1. The fourth-order valence-corrected chi connectivity index (χ4v) is 1.42. The van der Waals surface area contributed by atoms with E-state index in [0.717, 1.165) is 22.9 Å². The van der Waals surface area contributed by atoms with Crippen molar-refractivity contribution >= 4 is 11.5 Å². The Hall–Kier alpha value is -2.70. The van der Waals surface area contributed by atoms with E-state index in [-0.39, 0.29) is 18.0 Å². The first-order valence-corrected chi connectivity index (χ1v) is 4.99. The number of pyridine rings is 1. The number of carbonyl (C=O) groups excluding carboxylic acids is 1. The molecule has 0 aromatic carbocycles. The summed E-state index contributed by atoms with van der Waals surface area (Å²) in [5, 5.41) is 10.6. The van der Waals surface area contributed by atoms with Crippen LogP contribution in [0.15, 0.2) is 45.9 Å². The number of nitrogens with zero attached hydrogens (tertiary/aromatic N) is 2. The third-order valence-corrected chi connectivity index (χ3v) is 2.29. The molecule has 0 bridgehead atoms. The molecule has 0 spiro atoms. The van der Waals surface area contributed by atoms with E-state index >= 15 is 0 Å². The number of hydrogen-bond donors (Lipinski definition) is 0. The normalized spacial score (nSPS) is 10.2. The van der Waals surface area contributed by atoms with Gasteiger partial charge in [-0.15, -0.1) is 0 Å². The highest BCUT2D eigenvalue weighted by atomic mass is 16.6. The molecule has 7 nitrogen and oxygen atoms in total. The molecule has 0 aliphatic carbocycles. The van der Waals surface area contributed by atoms with Crippen molar-refractivity contribution in [2.45, 2.75) is 6.54 Å². The minimum Gasteiger partial charge on any atom is -0.461 e. The molecular formula is C11H8N2O5. The fraction of sp³-hybridized carbons (Fsp3) is 0.0909. The molecule has 0 aliphatic rings. The molecule has 7 heteroatoms. The number of furan rings is 1. The molecule has 0 amide bonds. The number of carbonyl (C=O) groups is 1. The van der Waals surface area contributed by atoms with Crippen molar-refractivity contribution in [2.75, 3.05) is 0 Å². The molecule has 92 valence electrons. The maximum absolute atomic E-state index is 11.7. The Morgan fingerprint density at radius 1 is 1.39 bits per heavy atom. The molecule has 18 heavy (non-hydrogen) atoms. The van der Waals surface area contributed by atoms with Crippen molar-refractivity contribution in [1.29, 1.82) is 0 Å². The van der Waals surface area contributed by atoms with Gasteiger partial charge in [-0.05, 0) is 12.1 Å². The molecule has 0 saturated heterocycles. The first kappa shape index (κ1) is 11.8. The van der Waals surface area contributed by atoms with Crippen LogP contribution in [0.1, 0.15) is 10.6 Å². The van der Waals surface area contributed by atoms with Crippen molar-refractivity contribution in [3.05, 3.63) is 63.0 Å². The van der Waals surface area contributed by atoms with Crippen molar-refractivity contribution in [2.24, 2.45) is 0 Å². The third kappa shape index (κ3) is 2.34. The van der Waals surface area contributed by atoms with Crippen LogP contribution in [0.4, 0.5) is 5.69 Å². The molecule has 0 atom stereocenters. The first-order valence-electron chi connectivity index (χ1n) is 4.99. The van der Waals surface area contributed by atoms with Gasteiger partial charge in [-0.25, -0.2) is 0 Å². The molecule has 2 aromatic rings. The summed E-state index contributed by atoms with van der Waals surface area (Å²) in [6.07, 6.45) is 2.37. The van der Waals surface area contributed by atoms with Crippen molar-refractivity contribution < 1.29 is 14.1 Å². The van der Waals surface area contributed by atoms with Crippen LogP contribution in [0.25, 0.3) is 0 Å². The summed E-state index contributed by atoms with van der Waals surface area (Å²) in [7, 11) is 0. The maximum Gasteiger partial charge on any atom is 0.285 e. The lowest BCUT2D eigenvalue weighted by molar-refractivity contribution is -0.385. The van der Waals surface area contributed by atoms with Gasteiger partial charge in [0.2, 0.25) is 5.78 Å². The number of rotatable bonds is 4.